The third kappa shape index (κ3) is 4.96. The minimum Gasteiger partial charge on any atom is -0.372 e. The van der Waals surface area contributed by atoms with Crippen molar-refractivity contribution in [2.45, 2.75) is 39.4 Å². The van der Waals surface area contributed by atoms with Crippen molar-refractivity contribution in [1.82, 2.24) is 4.98 Å². The summed E-state index contributed by atoms with van der Waals surface area (Å²) in [6, 6.07) is 8.19. The number of hydrogen-bond acceptors (Lipinski definition) is 4. The second-order valence-electron chi connectivity index (χ2n) is 6.93. The second-order valence-corrected chi connectivity index (χ2v) is 7.32. The molecule has 0 radical (unpaired) electrons. The van der Waals surface area contributed by atoms with Crippen molar-refractivity contribution in [3.63, 3.8) is 0 Å². The maximum absolute atomic E-state index is 14.6. The van der Waals surface area contributed by atoms with E-state index in [4.69, 9.17) is 16.3 Å². The fourth-order valence-electron chi connectivity index (χ4n) is 3.34. The Labute approximate surface area is 163 Å². The van der Waals surface area contributed by atoms with Crippen molar-refractivity contribution in [2.24, 2.45) is 0 Å². The van der Waals surface area contributed by atoms with Gasteiger partial charge >= 0.3 is 0 Å². The number of benzene rings is 1. The van der Waals surface area contributed by atoms with Crippen LogP contribution in [0.4, 0.5) is 15.8 Å². The number of aromatic nitrogens is 1. The fourth-order valence-corrected chi connectivity index (χ4v) is 3.53. The van der Waals surface area contributed by atoms with Crippen molar-refractivity contribution in [1.29, 1.82) is 0 Å². The Kier molecular flexibility index (Phi) is 5.97. The number of carbonyl (C=O) groups excluding carboxylic acids is 1. The van der Waals surface area contributed by atoms with Gasteiger partial charge in [0, 0.05) is 24.5 Å². The van der Waals surface area contributed by atoms with Crippen molar-refractivity contribution >= 4 is 28.9 Å². The first-order chi connectivity index (χ1) is 12.8. The lowest BCUT2D eigenvalue weighted by molar-refractivity contribution is -0.115. The lowest BCUT2D eigenvalue weighted by Crippen LogP contribution is -2.45. The molecule has 1 aliphatic heterocycles. The van der Waals surface area contributed by atoms with Crippen molar-refractivity contribution in [2.75, 3.05) is 23.3 Å². The number of ether oxygens (including phenoxy) is 1. The van der Waals surface area contributed by atoms with Crippen LogP contribution in [0.5, 0.6) is 0 Å². The van der Waals surface area contributed by atoms with E-state index >= 15 is 0 Å². The zero-order valence-corrected chi connectivity index (χ0v) is 16.4. The summed E-state index contributed by atoms with van der Waals surface area (Å²) in [5.41, 5.74) is 2.43. The van der Waals surface area contributed by atoms with Crippen LogP contribution < -0.4 is 10.2 Å². The van der Waals surface area contributed by atoms with E-state index < -0.39 is 0 Å². The number of nitrogens with zero attached hydrogens (tertiary/aromatic N) is 2. The molecule has 1 amide bonds. The summed E-state index contributed by atoms with van der Waals surface area (Å²) in [6.07, 6.45) is 0.241. The maximum Gasteiger partial charge on any atom is 0.228 e. The number of rotatable bonds is 4. The molecule has 0 bridgehead atoms. The van der Waals surface area contributed by atoms with E-state index in [1.54, 1.807) is 31.2 Å². The minimum atomic E-state index is -0.363. The average Bonchev–Trinajstić information content (AvgIpc) is 2.56. The topological polar surface area (TPSA) is 54.5 Å². The average molecular weight is 392 g/mol. The molecule has 1 N–H and O–H groups in total. The van der Waals surface area contributed by atoms with Crippen LogP contribution in [0.15, 0.2) is 30.3 Å². The normalized spacial score (nSPS) is 19.8. The van der Waals surface area contributed by atoms with Gasteiger partial charge in [-0.25, -0.2) is 9.37 Å². The molecular formula is C20H23ClFN3O2. The Morgan fingerprint density at radius 3 is 2.63 bits per heavy atom. The largest absolute Gasteiger partial charge is 0.372 e. The molecule has 1 aromatic carbocycles. The predicted octanol–water partition coefficient (Wildman–Crippen LogP) is 3.98. The van der Waals surface area contributed by atoms with Gasteiger partial charge < -0.3 is 15.0 Å². The molecule has 2 atom stereocenters. The molecule has 2 unspecified atom stereocenters. The van der Waals surface area contributed by atoms with E-state index in [0.29, 0.717) is 35.3 Å². The van der Waals surface area contributed by atoms with Gasteiger partial charge in [0.2, 0.25) is 5.91 Å². The van der Waals surface area contributed by atoms with Crippen molar-refractivity contribution in [3.05, 3.63) is 52.6 Å². The highest BCUT2D eigenvalue weighted by Crippen LogP contribution is 2.26. The molecule has 1 saturated heterocycles. The summed E-state index contributed by atoms with van der Waals surface area (Å²) < 4.78 is 20.3. The summed E-state index contributed by atoms with van der Waals surface area (Å²) in [4.78, 5) is 18.4. The number of halogens is 2. The Hall–Kier alpha value is -2.18. The van der Waals surface area contributed by atoms with Gasteiger partial charge in [0.15, 0.2) is 0 Å². The van der Waals surface area contributed by atoms with Crippen molar-refractivity contribution in [3.8, 4) is 0 Å². The zero-order chi connectivity index (χ0) is 19.6. The van der Waals surface area contributed by atoms with Crippen LogP contribution in [0.1, 0.15) is 25.1 Å². The van der Waals surface area contributed by atoms with Gasteiger partial charge in [0.05, 0.1) is 24.3 Å². The SMILES string of the molecule is Cc1nc(Cl)ccc1CC(=O)Nc1ccc(N2CC(C)OC(C)C2)c(F)c1. The van der Waals surface area contributed by atoms with E-state index in [9.17, 15) is 9.18 Å². The molecule has 1 aromatic heterocycles. The van der Waals surface area contributed by atoms with Gasteiger partial charge in [-0.1, -0.05) is 17.7 Å². The third-order valence-corrected chi connectivity index (χ3v) is 4.71. The minimum absolute atomic E-state index is 0.0451. The summed E-state index contributed by atoms with van der Waals surface area (Å²) >= 11 is 5.83. The molecule has 7 heteroatoms. The van der Waals surface area contributed by atoms with Crippen LogP contribution in [-0.2, 0) is 16.0 Å². The van der Waals surface area contributed by atoms with E-state index in [1.165, 1.54) is 6.07 Å². The summed E-state index contributed by atoms with van der Waals surface area (Å²) in [5, 5.41) is 3.13. The van der Waals surface area contributed by atoms with Gasteiger partial charge in [-0.2, -0.15) is 0 Å². The van der Waals surface area contributed by atoms with Gasteiger partial charge in [0.1, 0.15) is 11.0 Å². The Morgan fingerprint density at radius 1 is 1.30 bits per heavy atom. The zero-order valence-electron chi connectivity index (χ0n) is 15.6. The van der Waals surface area contributed by atoms with Crippen LogP contribution in [0.2, 0.25) is 5.15 Å². The molecule has 0 aliphatic carbocycles. The van der Waals surface area contributed by atoms with E-state index in [-0.39, 0.29) is 30.4 Å². The molecule has 2 heterocycles. The van der Waals surface area contributed by atoms with E-state index in [1.807, 2.05) is 18.7 Å². The number of anilines is 2. The number of nitrogens with one attached hydrogen (secondary N) is 1. The number of carbonyl (C=O) groups is 1. The first-order valence-corrected chi connectivity index (χ1v) is 9.31. The van der Waals surface area contributed by atoms with E-state index in [2.05, 4.69) is 10.3 Å². The number of aryl methyl sites for hydroxylation is 1. The molecule has 3 rings (SSSR count). The Morgan fingerprint density at radius 2 is 2.00 bits per heavy atom. The molecule has 27 heavy (non-hydrogen) atoms. The number of morpholine rings is 1. The van der Waals surface area contributed by atoms with Crippen molar-refractivity contribution < 1.29 is 13.9 Å². The Balaban J connectivity index is 1.67. The highest BCUT2D eigenvalue weighted by atomic mass is 35.5. The highest BCUT2D eigenvalue weighted by molar-refractivity contribution is 6.29. The summed E-state index contributed by atoms with van der Waals surface area (Å²) in [7, 11) is 0. The lowest BCUT2D eigenvalue weighted by atomic mass is 10.1. The van der Waals surface area contributed by atoms with E-state index in [0.717, 1.165) is 5.56 Å². The van der Waals surface area contributed by atoms with Gasteiger partial charge in [-0.15, -0.1) is 0 Å². The van der Waals surface area contributed by atoms with Crippen LogP contribution in [0.25, 0.3) is 0 Å². The molecule has 2 aromatic rings. The monoisotopic (exact) mass is 391 g/mol. The smallest absolute Gasteiger partial charge is 0.228 e. The van der Waals surface area contributed by atoms with Gasteiger partial charge in [-0.3, -0.25) is 4.79 Å². The van der Waals surface area contributed by atoms with Crippen LogP contribution in [0.3, 0.4) is 0 Å². The molecule has 1 fully saturated rings. The molecule has 0 spiro atoms. The first-order valence-electron chi connectivity index (χ1n) is 8.93. The molecule has 5 nitrogen and oxygen atoms in total. The first kappa shape index (κ1) is 19.6. The second kappa shape index (κ2) is 8.23. The maximum atomic E-state index is 14.6. The lowest BCUT2D eigenvalue weighted by Gasteiger charge is -2.37. The summed E-state index contributed by atoms with van der Waals surface area (Å²) in [5.74, 6) is -0.596. The quantitative estimate of drug-likeness (QED) is 0.801. The Bertz CT molecular complexity index is 836. The molecule has 0 saturated carbocycles. The number of hydrogen-bond donors (Lipinski definition) is 1. The number of pyridine rings is 1. The van der Waals surface area contributed by atoms with Crippen LogP contribution >= 0.6 is 11.6 Å². The molecular weight excluding hydrogens is 369 g/mol. The standard InChI is InChI=1S/C20H23ClFN3O2/c1-12-10-25(11-13(2)27-12)18-6-5-16(9-17(18)22)24-20(26)8-15-4-7-19(21)23-14(15)3/h4-7,9,12-13H,8,10-11H2,1-3H3,(H,24,26). The highest BCUT2D eigenvalue weighted by Gasteiger charge is 2.24. The van der Waals surface area contributed by atoms with Crippen LogP contribution in [-0.4, -0.2) is 36.2 Å². The van der Waals surface area contributed by atoms with Gasteiger partial charge in [-0.05, 0) is 50.6 Å². The molecule has 1 aliphatic rings. The fraction of sp³-hybridized carbons (Fsp3) is 0.400. The van der Waals surface area contributed by atoms with Gasteiger partial charge in [0.25, 0.3) is 0 Å². The summed E-state index contributed by atoms with van der Waals surface area (Å²) in [6.45, 7) is 7.02. The van der Waals surface area contributed by atoms with Crippen LogP contribution in [0, 0.1) is 12.7 Å². The predicted molar refractivity (Wildman–Crippen MR) is 105 cm³/mol. The third-order valence-electron chi connectivity index (χ3n) is 4.50. The molecule has 144 valence electrons. The number of amides is 1.